The van der Waals surface area contributed by atoms with Gasteiger partial charge in [-0.1, -0.05) is 76.1 Å². The predicted molar refractivity (Wildman–Crippen MR) is 122 cm³/mol. The Bertz CT molecular complexity index is 787. The second-order valence-electron chi connectivity index (χ2n) is 8.39. The van der Waals surface area contributed by atoms with E-state index < -0.39 is 0 Å². The molecule has 0 heterocycles. The molecule has 168 valence electrons. The molecule has 0 aliphatic heterocycles. The van der Waals surface area contributed by atoms with Crippen LogP contribution in [0.15, 0.2) is 54.6 Å². The predicted octanol–water partition coefficient (Wildman–Crippen LogP) is 5.49. The average Bonchev–Trinajstić information content (AvgIpc) is 2.77. The summed E-state index contributed by atoms with van der Waals surface area (Å²) < 4.78 is 5.28. The molecule has 1 amide bonds. The maximum atomic E-state index is 12.1. The average molecular weight is 426 g/mol. The van der Waals surface area contributed by atoms with Gasteiger partial charge in [-0.3, -0.25) is 9.63 Å². The number of hydrogen-bond donors (Lipinski definition) is 1. The normalized spacial score (nSPS) is 11.9. The van der Waals surface area contributed by atoms with Crippen LogP contribution >= 0.6 is 0 Å². The Labute approximate surface area is 186 Å². The van der Waals surface area contributed by atoms with Gasteiger partial charge in [0.05, 0.1) is 18.8 Å². The summed E-state index contributed by atoms with van der Waals surface area (Å²) in [6.45, 7) is 6.97. The van der Waals surface area contributed by atoms with Crippen LogP contribution < -0.4 is 5.48 Å². The molecule has 0 radical (unpaired) electrons. The molecule has 2 aromatic carbocycles. The number of benzene rings is 2. The molecule has 0 aromatic heterocycles. The zero-order chi connectivity index (χ0) is 22.5. The monoisotopic (exact) mass is 425 g/mol. The number of hydroxylamine groups is 1. The van der Waals surface area contributed by atoms with Gasteiger partial charge in [0.2, 0.25) is 5.91 Å². The zero-order valence-corrected chi connectivity index (χ0v) is 18.9. The Hall–Kier alpha value is -2.66. The van der Waals surface area contributed by atoms with Gasteiger partial charge in [-0.05, 0) is 47.9 Å². The number of nitrogens with one attached hydrogen (secondary N) is 1. The molecule has 5 heteroatoms. The first kappa shape index (κ1) is 24.6. The lowest BCUT2D eigenvalue weighted by molar-refractivity contribution is -0.134. The summed E-state index contributed by atoms with van der Waals surface area (Å²) in [5.74, 6) is 0.348. The third-order valence-corrected chi connectivity index (χ3v) is 5.01. The third-order valence-electron chi connectivity index (χ3n) is 5.01. The molecule has 1 atom stereocenters. The van der Waals surface area contributed by atoms with Gasteiger partial charge < -0.3 is 4.74 Å². The van der Waals surface area contributed by atoms with E-state index in [1.165, 1.54) is 5.56 Å². The van der Waals surface area contributed by atoms with Crippen molar-refractivity contribution in [3.05, 3.63) is 71.3 Å². The van der Waals surface area contributed by atoms with Gasteiger partial charge in [-0.15, -0.1) is 0 Å². The fourth-order valence-electron chi connectivity index (χ4n) is 3.35. The van der Waals surface area contributed by atoms with E-state index in [1.807, 2.05) is 68.4 Å². The Morgan fingerprint density at radius 1 is 0.935 bits per heavy atom. The highest BCUT2D eigenvalue weighted by Crippen LogP contribution is 2.20. The topological polar surface area (TPSA) is 64.6 Å². The third kappa shape index (κ3) is 9.79. The molecule has 0 saturated heterocycles. The lowest BCUT2D eigenvalue weighted by atomic mass is 9.90. The van der Waals surface area contributed by atoms with Crippen molar-refractivity contribution in [2.75, 3.05) is 6.61 Å². The summed E-state index contributed by atoms with van der Waals surface area (Å²) in [7, 11) is 0. The van der Waals surface area contributed by atoms with Gasteiger partial charge in [0.25, 0.3) is 0 Å². The van der Waals surface area contributed by atoms with Gasteiger partial charge in [0, 0.05) is 6.42 Å². The highest BCUT2D eigenvalue weighted by molar-refractivity contribution is 5.89. The smallest absolute Gasteiger partial charge is 0.338 e. The van der Waals surface area contributed by atoms with Crippen LogP contribution in [0.25, 0.3) is 0 Å². The summed E-state index contributed by atoms with van der Waals surface area (Å²) in [5.41, 5.74) is 5.30. The molecule has 0 spiro atoms. The van der Waals surface area contributed by atoms with E-state index in [0.29, 0.717) is 37.0 Å². The van der Waals surface area contributed by atoms with Gasteiger partial charge in [-0.25, -0.2) is 10.3 Å². The summed E-state index contributed by atoms with van der Waals surface area (Å²) in [6, 6.07) is 17.4. The SMILES string of the molecule is CCCC(CCC(=O)NOCc1ccccc1)Cc1ccc(C(=O)OCC(C)C)cc1. The lowest BCUT2D eigenvalue weighted by Gasteiger charge is -2.16. The minimum Gasteiger partial charge on any atom is -0.462 e. The lowest BCUT2D eigenvalue weighted by Crippen LogP contribution is -2.24. The van der Waals surface area contributed by atoms with Crippen LogP contribution in [-0.2, 0) is 27.4 Å². The second-order valence-corrected chi connectivity index (χ2v) is 8.39. The van der Waals surface area contributed by atoms with Crippen molar-refractivity contribution in [2.24, 2.45) is 11.8 Å². The Kier molecular flexibility index (Phi) is 10.8. The van der Waals surface area contributed by atoms with E-state index in [9.17, 15) is 9.59 Å². The van der Waals surface area contributed by atoms with Crippen molar-refractivity contribution in [3.63, 3.8) is 0 Å². The van der Waals surface area contributed by atoms with Gasteiger partial charge >= 0.3 is 5.97 Å². The molecule has 0 aliphatic rings. The number of carbonyl (C=O) groups excluding carboxylic acids is 2. The van der Waals surface area contributed by atoms with E-state index >= 15 is 0 Å². The fraction of sp³-hybridized carbons (Fsp3) is 0.462. The molecule has 0 bridgehead atoms. The van der Waals surface area contributed by atoms with Gasteiger partial charge in [0.15, 0.2) is 0 Å². The van der Waals surface area contributed by atoms with Gasteiger partial charge in [0.1, 0.15) is 0 Å². The number of ether oxygens (including phenoxy) is 1. The highest BCUT2D eigenvalue weighted by Gasteiger charge is 2.13. The molecule has 31 heavy (non-hydrogen) atoms. The Balaban J connectivity index is 1.77. The zero-order valence-electron chi connectivity index (χ0n) is 18.9. The first-order valence-electron chi connectivity index (χ1n) is 11.2. The van der Waals surface area contributed by atoms with E-state index in [1.54, 1.807) is 0 Å². The Morgan fingerprint density at radius 2 is 1.65 bits per heavy atom. The van der Waals surface area contributed by atoms with Crippen LogP contribution in [-0.4, -0.2) is 18.5 Å². The van der Waals surface area contributed by atoms with Crippen LogP contribution in [0.4, 0.5) is 0 Å². The fourth-order valence-corrected chi connectivity index (χ4v) is 3.35. The quantitative estimate of drug-likeness (QED) is 0.341. The van der Waals surface area contributed by atoms with Crippen LogP contribution in [0, 0.1) is 11.8 Å². The summed E-state index contributed by atoms with van der Waals surface area (Å²) in [5, 5.41) is 0. The number of hydrogen-bond acceptors (Lipinski definition) is 4. The van der Waals surface area contributed by atoms with Crippen molar-refractivity contribution >= 4 is 11.9 Å². The largest absolute Gasteiger partial charge is 0.462 e. The van der Waals surface area contributed by atoms with E-state index in [2.05, 4.69) is 12.4 Å². The molecule has 5 nitrogen and oxygen atoms in total. The van der Waals surface area contributed by atoms with E-state index in [-0.39, 0.29) is 11.9 Å². The number of amides is 1. The summed E-state index contributed by atoms with van der Waals surface area (Å²) in [6.07, 6.45) is 4.23. The van der Waals surface area contributed by atoms with Crippen molar-refractivity contribution in [3.8, 4) is 0 Å². The number of esters is 1. The second kappa shape index (κ2) is 13.6. The van der Waals surface area contributed by atoms with Crippen molar-refractivity contribution in [1.29, 1.82) is 0 Å². The molecule has 0 aliphatic carbocycles. The molecule has 0 fully saturated rings. The van der Waals surface area contributed by atoms with Crippen molar-refractivity contribution in [2.45, 2.75) is 59.5 Å². The Morgan fingerprint density at radius 3 is 2.29 bits per heavy atom. The minimum absolute atomic E-state index is 0.0970. The maximum Gasteiger partial charge on any atom is 0.338 e. The van der Waals surface area contributed by atoms with Crippen LogP contribution in [0.3, 0.4) is 0 Å². The highest BCUT2D eigenvalue weighted by atomic mass is 16.6. The standard InChI is InChI=1S/C26H35NO4/c1-4-8-21(13-16-25(28)27-31-19-23-9-6-5-7-10-23)17-22-11-14-24(15-12-22)26(29)30-18-20(2)3/h5-7,9-12,14-15,20-21H,4,8,13,16-19H2,1-3H3,(H,27,28). The molecular weight excluding hydrogens is 390 g/mol. The molecule has 2 aromatic rings. The molecule has 0 saturated carbocycles. The molecule has 1 unspecified atom stereocenters. The van der Waals surface area contributed by atoms with E-state index in [4.69, 9.17) is 9.57 Å². The van der Waals surface area contributed by atoms with Crippen molar-refractivity contribution in [1.82, 2.24) is 5.48 Å². The molecule has 2 rings (SSSR count). The van der Waals surface area contributed by atoms with Crippen LogP contribution in [0.2, 0.25) is 0 Å². The number of rotatable bonds is 13. The van der Waals surface area contributed by atoms with Gasteiger partial charge in [-0.2, -0.15) is 0 Å². The van der Waals surface area contributed by atoms with E-state index in [0.717, 1.165) is 31.2 Å². The van der Waals surface area contributed by atoms with Crippen LogP contribution in [0.1, 0.15) is 67.9 Å². The van der Waals surface area contributed by atoms with Crippen LogP contribution in [0.5, 0.6) is 0 Å². The molecule has 1 N–H and O–H groups in total. The van der Waals surface area contributed by atoms with Crippen molar-refractivity contribution < 1.29 is 19.2 Å². The summed E-state index contributed by atoms with van der Waals surface area (Å²) >= 11 is 0. The first-order chi connectivity index (χ1) is 15.0. The number of carbonyl (C=O) groups is 2. The summed E-state index contributed by atoms with van der Waals surface area (Å²) in [4.78, 5) is 29.5. The first-order valence-corrected chi connectivity index (χ1v) is 11.2. The maximum absolute atomic E-state index is 12.1. The minimum atomic E-state index is -0.280. The molecular formula is C26H35NO4.